The first kappa shape index (κ1) is 37.2. The molecule has 1 unspecified atom stereocenters. The fourth-order valence-corrected chi connectivity index (χ4v) is 6.08. The summed E-state index contributed by atoms with van der Waals surface area (Å²) in [6, 6.07) is 16.3. The number of nitrogens with zero attached hydrogens (tertiary/aromatic N) is 1. The minimum absolute atomic E-state index is 0.120. The quantitative estimate of drug-likeness (QED) is 0.199. The van der Waals surface area contributed by atoms with E-state index in [2.05, 4.69) is 27.2 Å². The number of pyridine rings is 1. The van der Waals surface area contributed by atoms with E-state index in [1.54, 1.807) is 26.0 Å². The average Bonchev–Trinajstić information content (AvgIpc) is 3.10. The van der Waals surface area contributed by atoms with Crippen molar-refractivity contribution in [3.8, 4) is 17.2 Å². The number of halogens is 3. The van der Waals surface area contributed by atoms with E-state index in [1.807, 2.05) is 25.1 Å². The highest BCUT2D eigenvalue weighted by molar-refractivity contribution is 5.98. The van der Waals surface area contributed by atoms with E-state index < -0.39 is 42.3 Å². The Bertz CT molecular complexity index is 1550. The SMILES string of the molecule is COc1ccnc(C(=O)NC2CCC[C@H](CCCc3ccccc3)[C@@H](Cc3ccc(OC(F)(F)F)cc3)[C@H](C)OC2=O)c1OC(=O)C(C)C. The monoisotopic (exact) mass is 684 g/mol. The topological polar surface area (TPSA) is 113 Å². The zero-order chi connectivity index (χ0) is 35.6. The maximum atomic E-state index is 13.6. The molecule has 1 aliphatic heterocycles. The molecule has 9 nitrogen and oxygen atoms in total. The van der Waals surface area contributed by atoms with E-state index in [4.69, 9.17) is 14.2 Å². The van der Waals surface area contributed by atoms with Crippen LogP contribution in [0.5, 0.6) is 17.2 Å². The van der Waals surface area contributed by atoms with Crippen molar-refractivity contribution < 1.29 is 46.5 Å². The molecule has 12 heteroatoms. The van der Waals surface area contributed by atoms with Gasteiger partial charge in [-0.25, -0.2) is 9.78 Å². The Morgan fingerprint density at radius 3 is 2.39 bits per heavy atom. The summed E-state index contributed by atoms with van der Waals surface area (Å²) in [5, 5.41) is 2.74. The standard InChI is InChI=1S/C37H43F3N2O7/c1-23(2)35(44)48-33-31(46-4)20-21-41-32(33)34(43)42-30-15-9-14-27(13-8-12-25-10-6-5-7-11-25)29(24(3)47-36(30)45)22-26-16-18-28(19-17-26)49-37(38,39)40/h5-7,10-11,16-21,23-24,27,29-30H,8-9,12-15,22H2,1-4H3,(H,42,43)/t24-,27-,29-,30?/m0/s1. The number of rotatable bonds is 12. The maximum Gasteiger partial charge on any atom is 0.573 e. The highest BCUT2D eigenvalue weighted by Crippen LogP contribution is 2.35. The molecule has 264 valence electrons. The van der Waals surface area contributed by atoms with E-state index in [9.17, 15) is 27.6 Å². The van der Waals surface area contributed by atoms with Crippen LogP contribution in [0.4, 0.5) is 13.2 Å². The number of aromatic nitrogens is 1. The molecule has 3 aromatic rings. The molecule has 4 rings (SSSR count). The molecule has 1 saturated heterocycles. The first-order valence-electron chi connectivity index (χ1n) is 16.5. The van der Waals surface area contributed by atoms with Gasteiger partial charge in [-0.15, -0.1) is 13.2 Å². The van der Waals surface area contributed by atoms with Crippen LogP contribution in [-0.2, 0) is 27.2 Å². The van der Waals surface area contributed by atoms with Crippen LogP contribution in [0.3, 0.4) is 0 Å². The zero-order valence-electron chi connectivity index (χ0n) is 28.1. The fraction of sp³-hybridized carbons (Fsp3) is 0.459. The Morgan fingerprint density at radius 1 is 1.02 bits per heavy atom. The number of aryl methyl sites for hydroxylation is 1. The number of carbonyl (C=O) groups is 3. The Labute approximate surface area is 284 Å². The Balaban J connectivity index is 1.53. The van der Waals surface area contributed by atoms with Crippen molar-refractivity contribution in [3.05, 3.63) is 83.7 Å². The summed E-state index contributed by atoms with van der Waals surface area (Å²) in [4.78, 5) is 43.6. The third kappa shape index (κ3) is 11.0. The van der Waals surface area contributed by atoms with Crippen molar-refractivity contribution in [1.29, 1.82) is 0 Å². The van der Waals surface area contributed by atoms with Gasteiger partial charge in [0, 0.05) is 18.2 Å². The first-order chi connectivity index (χ1) is 23.3. The molecule has 4 atom stereocenters. The molecule has 1 amide bonds. The van der Waals surface area contributed by atoms with Crippen molar-refractivity contribution in [2.45, 2.75) is 84.2 Å². The minimum atomic E-state index is -4.79. The van der Waals surface area contributed by atoms with Crippen LogP contribution in [0.15, 0.2) is 66.9 Å². The number of carbonyl (C=O) groups excluding carboxylic acids is 3. The van der Waals surface area contributed by atoms with Crippen molar-refractivity contribution in [1.82, 2.24) is 10.3 Å². The van der Waals surface area contributed by atoms with Crippen molar-refractivity contribution in [2.24, 2.45) is 17.8 Å². The molecule has 0 saturated carbocycles. The minimum Gasteiger partial charge on any atom is -0.493 e. The fourth-order valence-electron chi connectivity index (χ4n) is 6.08. The molecule has 2 aromatic carbocycles. The summed E-state index contributed by atoms with van der Waals surface area (Å²) in [6.45, 7) is 5.11. The number of amides is 1. The Kier molecular flexibility index (Phi) is 13.0. The van der Waals surface area contributed by atoms with Crippen LogP contribution in [0.2, 0.25) is 0 Å². The second-order valence-corrected chi connectivity index (χ2v) is 12.6. The van der Waals surface area contributed by atoms with Gasteiger partial charge in [0.1, 0.15) is 17.9 Å². The molecular formula is C37H43F3N2O7. The van der Waals surface area contributed by atoms with Gasteiger partial charge in [-0.2, -0.15) is 0 Å². The van der Waals surface area contributed by atoms with Gasteiger partial charge < -0.3 is 24.3 Å². The number of nitrogens with one attached hydrogen (secondary N) is 1. The van der Waals surface area contributed by atoms with E-state index in [1.165, 1.54) is 37.1 Å². The van der Waals surface area contributed by atoms with E-state index in [-0.39, 0.29) is 34.8 Å². The summed E-state index contributed by atoms with van der Waals surface area (Å²) < 4.78 is 59.0. The first-order valence-corrected chi connectivity index (χ1v) is 16.5. The lowest BCUT2D eigenvalue weighted by Crippen LogP contribution is -2.43. The number of methoxy groups -OCH3 is 1. The maximum absolute atomic E-state index is 13.6. The number of ether oxygens (including phenoxy) is 4. The second kappa shape index (κ2) is 17.2. The predicted molar refractivity (Wildman–Crippen MR) is 175 cm³/mol. The molecule has 0 aliphatic carbocycles. The number of hydrogen-bond acceptors (Lipinski definition) is 8. The predicted octanol–water partition coefficient (Wildman–Crippen LogP) is 7.26. The number of benzene rings is 2. The molecule has 0 spiro atoms. The van der Waals surface area contributed by atoms with Crippen LogP contribution >= 0.6 is 0 Å². The van der Waals surface area contributed by atoms with Crippen molar-refractivity contribution in [3.63, 3.8) is 0 Å². The lowest BCUT2D eigenvalue weighted by Gasteiger charge is -2.31. The lowest BCUT2D eigenvalue weighted by molar-refractivity contribution is -0.274. The van der Waals surface area contributed by atoms with Gasteiger partial charge in [0.15, 0.2) is 11.4 Å². The van der Waals surface area contributed by atoms with Crippen LogP contribution in [0.1, 0.15) is 74.5 Å². The lowest BCUT2D eigenvalue weighted by atomic mass is 9.77. The van der Waals surface area contributed by atoms with Gasteiger partial charge in [-0.1, -0.05) is 62.7 Å². The Morgan fingerprint density at radius 2 is 1.73 bits per heavy atom. The Hall–Kier alpha value is -4.61. The second-order valence-electron chi connectivity index (χ2n) is 12.6. The average molecular weight is 685 g/mol. The van der Waals surface area contributed by atoms with Gasteiger partial charge in [0.2, 0.25) is 5.75 Å². The number of alkyl halides is 3. The normalized spacial score (nSPS) is 20.0. The van der Waals surface area contributed by atoms with Gasteiger partial charge in [0.25, 0.3) is 5.91 Å². The molecule has 0 bridgehead atoms. The summed E-state index contributed by atoms with van der Waals surface area (Å²) in [7, 11) is 1.37. The molecular weight excluding hydrogens is 641 g/mol. The van der Waals surface area contributed by atoms with Gasteiger partial charge in [-0.05, 0) is 74.6 Å². The van der Waals surface area contributed by atoms with E-state index >= 15 is 0 Å². The number of esters is 2. The largest absolute Gasteiger partial charge is 0.573 e. The van der Waals surface area contributed by atoms with E-state index in [0.717, 1.165) is 31.2 Å². The highest BCUT2D eigenvalue weighted by atomic mass is 19.4. The van der Waals surface area contributed by atoms with Crippen molar-refractivity contribution >= 4 is 17.8 Å². The summed E-state index contributed by atoms with van der Waals surface area (Å²) >= 11 is 0. The van der Waals surface area contributed by atoms with Gasteiger partial charge in [0.05, 0.1) is 13.0 Å². The number of hydrogen-bond donors (Lipinski definition) is 1. The smallest absolute Gasteiger partial charge is 0.493 e. The van der Waals surface area contributed by atoms with Crippen LogP contribution in [0, 0.1) is 17.8 Å². The van der Waals surface area contributed by atoms with Crippen LogP contribution in [0.25, 0.3) is 0 Å². The molecule has 2 heterocycles. The van der Waals surface area contributed by atoms with E-state index in [0.29, 0.717) is 19.3 Å². The summed E-state index contributed by atoms with van der Waals surface area (Å²) in [6.07, 6.45) is 0.676. The summed E-state index contributed by atoms with van der Waals surface area (Å²) in [5.74, 6) is -2.75. The molecule has 1 fully saturated rings. The molecule has 49 heavy (non-hydrogen) atoms. The molecule has 1 N–H and O–H groups in total. The summed E-state index contributed by atoms with van der Waals surface area (Å²) in [5.41, 5.74) is 1.80. The van der Waals surface area contributed by atoms with Crippen LogP contribution in [-0.4, -0.2) is 48.4 Å². The van der Waals surface area contributed by atoms with Crippen molar-refractivity contribution in [2.75, 3.05) is 7.11 Å². The highest BCUT2D eigenvalue weighted by Gasteiger charge is 2.35. The van der Waals surface area contributed by atoms with Crippen LogP contribution < -0.4 is 19.5 Å². The van der Waals surface area contributed by atoms with Gasteiger partial charge in [-0.3, -0.25) is 9.59 Å². The van der Waals surface area contributed by atoms with Gasteiger partial charge >= 0.3 is 18.3 Å². The molecule has 0 radical (unpaired) electrons. The number of cyclic esters (lactones) is 1. The third-order valence-corrected chi connectivity index (χ3v) is 8.66. The third-order valence-electron chi connectivity index (χ3n) is 8.66. The zero-order valence-corrected chi connectivity index (χ0v) is 28.1. The molecule has 1 aliphatic rings. The molecule has 1 aromatic heterocycles.